The van der Waals surface area contributed by atoms with E-state index in [4.69, 9.17) is 9.72 Å². The molecule has 3 saturated heterocycles. The molecule has 11 heteroatoms. The lowest BCUT2D eigenvalue weighted by molar-refractivity contribution is 0.0481. The van der Waals surface area contributed by atoms with Crippen LogP contribution in [0.3, 0.4) is 0 Å². The van der Waals surface area contributed by atoms with Crippen LogP contribution < -0.4 is 9.64 Å². The summed E-state index contributed by atoms with van der Waals surface area (Å²) >= 11 is 0. The third kappa shape index (κ3) is 5.33. The van der Waals surface area contributed by atoms with E-state index >= 15 is 4.39 Å². The Bertz CT molecular complexity index is 1790. The summed E-state index contributed by atoms with van der Waals surface area (Å²) in [6, 6.07) is 5.80. The molecule has 45 heavy (non-hydrogen) atoms. The summed E-state index contributed by atoms with van der Waals surface area (Å²) in [6.07, 6.45) is 4.91. The molecule has 238 valence electrons. The summed E-state index contributed by atoms with van der Waals surface area (Å²) in [6.45, 7) is 6.08. The first kappa shape index (κ1) is 30.0. The summed E-state index contributed by atoms with van der Waals surface area (Å²) in [7, 11) is 0. The molecule has 3 aliphatic rings. The first-order chi connectivity index (χ1) is 21.6. The molecular weight excluding hydrogens is 583 g/mol. The molecule has 1 unspecified atom stereocenters. The number of aryl methyl sites for hydroxylation is 1. The Morgan fingerprint density at radius 3 is 2.71 bits per heavy atom. The van der Waals surface area contributed by atoms with Crippen molar-refractivity contribution >= 4 is 27.5 Å². The Morgan fingerprint density at radius 2 is 1.89 bits per heavy atom. The number of phenolic OH excluding ortho intramolecular Hbond substituents is 1. The quantitative estimate of drug-likeness (QED) is 0.267. The van der Waals surface area contributed by atoms with Crippen LogP contribution in [-0.2, 0) is 6.42 Å². The molecule has 0 amide bonds. The zero-order chi connectivity index (χ0) is 31.5. The van der Waals surface area contributed by atoms with Gasteiger partial charge in [-0.25, -0.2) is 13.2 Å². The van der Waals surface area contributed by atoms with Crippen LogP contribution in [0.15, 0.2) is 30.5 Å². The highest BCUT2D eigenvalue weighted by Gasteiger charge is 2.49. The van der Waals surface area contributed by atoms with E-state index in [-0.39, 0.29) is 35.1 Å². The van der Waals surface area contributed by atoms with E-state index in [9.17, 15) is 19.0 Å². The second-order valence-electron chi connectivity index (χ2n) is 13.2. The number of fused-ring (bicyclic) bond motifs is 3. The van der Waals surface area contributed by atoms with Crippen molar-refractivity contribution in [3.05, 3.63) is 47.7 Å². The highest BCUT2D eigenvalue weighted by atomic mass is 19.1. The minimum absolute atomic E-state index is 0.0162. The van der Waals surface area contributed by atoms with E-state index in [0.29, 0.717) is 79.3 Å². The maximum atomic E-state index is 16.8. The topological polar surface area (TPSA) is 94.8 Å². The van der Waals surface area contributed by atoms with Gasteiger partial charge >= 0.3 is 6.01 Å². The summed E-state index contributed by atoms with van der Waals surface area (Å²) < 4.78 is 52.4. The standard InChI is InChI=1S/C34H38F3N5O3/c1-3-23-26(36)7-6-20-14-22(43)15-24(27(20)23)29-28(37)30-25(17-38-29)31(41-11-4-8-33(2,44)10-13-41)40-32(39-30)45-19-34-9-5-12-42(34)18-21(35)16-34/h6-7,14-15,17,21,43-44H,3-5,8-13,16,18-19H2,1-2H3/t21-,33?,34+/m1/s1. The number of alkyl halides is 1. The zero-order valence-electron chi connectivity index (χ0n) is 25.6. The SMILES string of the molecule is CCc1c(F)ccc2cc(O)cc(-c3ncc4c(N5CCCC(C)(O)CC5)nc(OC[C@@]56CCCN5C[C@H](F)C6)nc4c3F)c12. The minimum atomic E-state index is -0.923. The number of ether oxygens (including phenoxy) is 1. The Kier molecular flexibility index (Phi) is 7.51. The first-order valence-electron chi connectivity index (χ1n) is 15.9. The molecule has 7 rings (SSSR count). The summed E-state index contributed by atoms with van der Waals surface area (Å²) in [5, 5.41) is 22.7. The predicted molar refractivity (Wildman–Crippen MR) is 166 cm³/mol. The van der Waals surface area contributed by atoms with E-state index in [2.05, 4.69) is 14.9 Å². The average molecular weight is 622 g/mol. The van der Waals surface area contributed by atoms with Crippen molar-refractivity contribution < 1.29 is 28.1 Å². The van der Waals surface area contributed by atoms with E-state index < -0.39 is 28.9 Å². The number of benzene rings is 2. The van der Waals surface area contributed by atoms with Gasteiger partial charge < -0.3 is 19.8 Å². The number of hydrogen-bond acceptors (Lipinski definition) is 8. The molecule has 4 aromatic rings. The van der Waals surface area contributed by atoms with E-state index in [1.165, 1.54) is 24.4 Å². The predicted octanol–water partition coefficient (Wildman–Crippen LogP) is 6.09. The van der Waals surface area contributed by atoms with Crippen LogP contribution in [0.4, 0.5) is 19.0 Å². The van der Waals surface area contributed by atoms with Crippen molar-refractivity contribution in [1.82, 2.24) is 19.9 Å². The molecule has 5 heterocycles. The number of halogens is 3. The average Bonchev–Trinajstić information content (AvgIpc) is 3.46. The fourth-order valence-corrected chi connectivity index (χ4v) is 7.67. The van der Waals surface area contributed by atoms with Gasteiger partial charge in [-0.2, -0.15) is 9.97 Å². The van der Waals surface area contributed by atoms with Gasteiger partial charge in [0.2, 0.25) is 0 Å². The number of rotatable bonds is 6. The number of aromatic hydroxyl groups is 1. The number of nitrogens with zero attached hydrogens (tertiary/aromatic N) is 5. The molecule has 0 aliphatic carbocycles. The third-order valence-electron chi connectivity index (χ3n) is 10.00. The fourth-order valence-electron chi connectivity index (χ4n) is 7.67. The number of aliphatic hydroxyl groups is 1. The minimum Gasteiger partial charge on any atom is -0.508 e. The normalized spacial score (nSPS) is 25.6. The van der Waals surface area contributed by atoms with Crippen molar-refractivity contribution in [1.29, 1.82) is 0 Å². The van der Waals surface area contributed by atoms with E-state index in [1.54, 1.807) is 6.07 Å². The fraction of sp³-hybridized carbons (Fsp3) is 0.500. The molecule has 8 nitrogen and oxygen atoms in total. The second kappa shape index (κ2) is 11.3. The van der Waals surface area contributed by atoms with Gasteiger partial charge in [0.25, 0.3) is 0 Å². The number of hydrogen-bond donors (Lipinski definition) is 2. The molecule has 3 aliphatic heterocycles. The molecule has 0 bridgehead atoms. The van der Waals surface area contributed by atoms with Gasteiger partial charge in [0.05, 0.1) is 16.5 Å². The maximum absolute atomic E-state index is 16.8. The number of phenols is 1. The van der Waals surface area contributed by atoms with Crippen LogP contribution in [0.5, 0.6) is 11.8 Å². The number of pyridine rings is 1. The highest BCUT2D eigenvalue weighted by molar-refractivity contribution is 6.01. The Labute approximate surface area is 259 Å². The van der Waals surface area contributed by atoms with Crippen LogP contribution >= 0.6 is 0 Å². The lowest BCUT2D eigenvalue weighted by atomic mass is 9.94. The smallest absolute Gasteiger partial charge is 0.319 e. The second-order valence-corrected chi connectivity index (χ2v) is 13.2. The first-order valence-corrected chi connectivity index (χ1v) is 15.9. The van der Waals surface area contributed by atoms with Gasteiger partial charge in [-0.1, -0.05) is 13.0 Å². The number of anilines is 1. The summed E-state index contributed by atoms with van der Waals surface area (Å²) in [5.74, 6) is -0.813. The molecule has 0 saturated carbocycles. The summed E-state index contributed by atoms with van der Waals surface area (Å²) in [5.41, 5.74) is -0.702. The molecule has 3 fully saturated rings. The van der Waals surface area contributed by atoms with Crippen molar-refractivity contribution in [3.63, 3.8) is 0 Å². The molecule has 0 spiro atoms. The van der Waals surface area contributed by atoms with Gasteiger partial charge in [-0.05, 0) is 86.5 Å². The van der Waals surface area contributed by atoms with Crippen molar-refractivity contribution in [3.8, 4) is 23.0 Å². The Balaban J connectivity index is 1.37. The Morgan fingerprint density at radius 1 is 1.07 bits per heavy atom. The van der Waals surface area contributed by atoms with Crippen molar-refractivity contribution in [2.24, 2.45) is 0 Å². The van der Waals surface area contributed by atoms with Crippen LogP contribution in [-0.4, -0.2) is 80.2 Å². The molecule has 2 aromatic carbocycles. The van der Waals surface area contributed by atoms with Gasteiger partial charge in [0, 0.05) is 37.8 Å². The zero-order valence-corrected chi connectivity index (χ0v) is 25.6. The molecule has 2 N–H and O–H groups in total. The molecule has 3 atom stereocenters. The van der Waals surface area contributed by atoms with Gasteiger partial charge in [-0.15, -0.1) is 0 Å². The largest absolute Gasteiger partial charge is 0.508 e. The van der Waals surface area contributed by atoms with E-state index in [1.807, 2.05) is 18.7 Å². The molecule has 2 aromatic heterocycles. The van der Waals surface area contributed by atoms with Gasteiger partial charge in [-0.3, -0.25) is 9.88 Å². The highest BCUT2D eigenvalue weighted by Crippen LogP contribution is 2.42. The van der Waals surface area contributed by atoms with E-state index in [0.717, 1.165) is 19.4 Å². The van der Waals surface area contributed by atoms with Crippen LogP contribution in [0.2, 0.25) is 0 Å². The monoisotopic (exact) mass is 621 g/mol. The molecular formula is C34H38F3N5O3. The van der Waals surface area contributed by atoms with Crippen molar-refractivity contribution in [2.75, 3.05) is 37.7 Å². The lowest BCUT2D eigenvalue weighted by Crippen LogP contribution is -2.43. The van der Waals surface area contributed by atoms with Gasteiger partial charge in [0.15, 0.2) is 5.82 Å². The number of aromatic nitrogens is 3. The third-order valence-corrected chi connectivity index (χ3v) is 10.00. The lowest BCUT2D eigenvalue weighted by Gasteiger charge is -2.31. The van der Waals surface area contributed by atoms with Crippen LogP contribution in [0.25, 0.3) is 32.9 Å². The Hall–Kier alpha value is -3.70. The van der Waals surface area contributed by atoms with Crippen LogP contribution in [0, 0.1) is 11.6 Å². The molecule has 0 radical (unpaired) electrons. The van der Waals surface area contributed by atoms with Crippen molar-refractivity contribution in [2.45, 2.75) is 76.1 Å². The van der Waals surface area contributed by atoms with Crippen LogP contribution in [0.1, 0.15) is 57.9 Å². The maximum Gasteiger partial charge on any atom is 0.319 e. The summed E-state index contributed by atoms with van der Waals surface area (Å²) in [4.78, 5) is 18.0. The van der Waals surface area contributed by atoms with Gasteiger partial charge in [0.1, 0.15) is 41.4 Å².